The van der Waals surface area contributed by atoms with Gasteiger partial charge in [0.05, 0.1) is 6.20 Å². The van der Waals surface area contributed by atoms with E-state index in [0.29, 0.717) is 6.04 Å². The molecule has 19 heavy (non-hydrogen) atoms. The van der Waals surface area contributed by atoms with E-state index < -0.39 is 0 Å². The van der Waals surface area contributed by atoms with Crippen molar-refractivity contribution >= 4 is 11.5 Å². The van der Waals surface area contributed by atoms with Crippen molar-refractivity contribution in [3.8, 4) is 0 Å². The predicted octanol–water partition coefficient (Wildman–Crippen LogP) is 1.77. The molecule has 4 heterocycles. The fourth-order valence-corrected chi connectivity index (χ4v) is 3.46. The monoisotopic (exact) mass is 257 g/mol. The zero-order valence-corrected chi connectivity index (χ0v) is 11.0. The van der Waals surface area contributed by atoms with E-state index in [-0.39, 0.29) is 0 Å². The van der Waals surface area contributed by atoms with E-state index in [2.05, 4.69) is 20.3 Å². The summed E-state index contributed by atoms with van der Waals surface area (Å²) in [6.07, 6.45) is 8.97. The van der Waals surface area contributed by atoms with Gasteiger partial charge >= 0.3 is 0 Å². The minimum atomic E-state index is 0.567. The summed E-state index contributed by atoms with van der Waals surface area (Å²) in [5.41, 5.74) is 0.906. The van der Waals surface area contributed by atoms with Gasteiger partial charge in [-0.3, -0.25) is 0 Å². The minimum absolute atomic E-state index is 0.567. The summed E-state index contributed by atoms with van der Waals surface area (Å²) in [6.45, 7) is 2.54. The lowest BCUT2D eigenvalue weighted by Crippen LogP contribution is -2.42. The summed E-state index contributed by atoms with van der Waals surface area (Å²) in [7, 11) is 0. The molecule has 2 unspecified atom stereocenters. The molecule has 2 saturated heterocycles. The Hall–Kier alpha value is -1.62. The summed E-state index contributed by atoms with van der Waals surface area (Å²) in [6, 6.07) is 5.31. The van der Waals surface area contributed by atoms with Gasteiger partial charge in [0.2, 0.25) is 0 Å². The van der Waals surface area contributed by atoms with Gasteiger partial charge in [-0.1, -0.05) is 0 Å². The lowest BCUT2D eigenvalue weighted by molar-refractivity contribution is 0.188. The second-order valence-corrected chi connectivity index (χ2v) is 5.64. The highest BCUT2D eigenvalue weighted by Gasteiger charge is 2.31. The highest BCUT2D eigenvalue weighted by molar-refractivity contribution is 5.45. The van der Waals surface area contributed by atoms with Crippen molar-refractivity contribution in [1.29, 1.82) is 0 Å². The summed E-state index contributed by atoms with van der Waals surface area (Å²) in [5.74, 6) is 0.976. The Morgan fingerprint density at radius 3 is 3.21 bits per heavy atom. The quantitative estimate of drug-likeness (QED) is 0.890. The fraction of sp³-hybridized carbons (Fsp3) is 0.571. The van der Waals surface area contributed by atoms with Crippen LogP contribution in [-0.2, 0) is 0 Å². The molecule has 1 N–H and O–H groups in total. The molecule has 5 nitrogen and oxygen atoms in total. The Morgan fingerprint density at radius 1 is 1.21 bits per heavy atom. The third-order valence-corrected chi connectivity index (χ3v) is 4.43. The maximum Gasteiger partial charge on any atom is 0.157 e. The van der Waals surface area contributed by atoms with Crippen LogP contribution in [0.25, 0.3) is 5.65 Å². The topological polar surface area (TPSA) is 45.5 Å². The SMILES string of the molecule is c1cc2nc(NC3CCN4CCCC4C3)ccn2n1. The molecule has 0 amide bonds. The zero-order chi connectivity index (χ0) is 12.7. The first-order chi connectivity index (χ1) is 9.38. The maximum absolute atomic E-state index is 4.59. The van der Waals surface area contributed by atoms with Crippen LogP contribution in [-0.4, -0.2) is 44.7 Å². The molecule has 4 rings (SSSR count). The van der Waals surface area contributed by atoms with Gasteiger partial charge in [-0.05, 0) is 38.3 Å². The molecule has 0 radical (unpaired) electrons. The molecule has 2 aliphatic rings. The molecule has 0 bridgehead atoms. The molecular weight excluding hydrogens is 238 g/mol. The third kappa shape index (κ3) is 2.08. The van der Waals surface area contributed by atoms with Gasteiger partial charge in [0.25, 0.3) is 0 Å². The van der Waals surface area contributed by atoms with Gasteiger partial charge in [0.1, 0.15) is 5.82 Å². The molecule has 0 aliphatic carbocycles. The molecule has 2 aromatic heterocycles. The summed E-state index contributed by atoms with van der Waals surface area (Å²) < 4.78 is 1.80. The fourth-order valence-electron chi connectivity index (χ4n) is 3.46. The number of aromatic nitrogens is 3. The molecule has 0 saturated carbocycles. The van der Waals surface area contributed by atoms with Crippen molar-refractivity contribution in [3.63, 3.8) is 0 Å². The Kier molecular flexibility index (Phi) is 2.65. The van der Waals surface area contributed by atoms with Crippen LogP contribution in [0, 0.1) is 0 Å². The first-order valence-electron chi connectivity index (χ1n) is 7.19. The van der Waals surface area contributed by atoms with E-state index in [0.717, 1.165) is 17.5 Å². The van der Waals surface area contributed by atoms with Gasteiger partial charge in [-0.2, -0.15) is 5.10 Å². The molecule has 0 spiro atoms. The number of hydrogen-bond donors (Lipinski definition) is 1. The molecule has 5 heteroatoms. The second kappa shape index (κ2) is 4.49. The van der Waals surface area contributed by atoms with Gasteiger partial charge < -0.3 is 10.2 Å². The number of piperidine rings is 1. The van der Waals surface area contributed by atoms with Crippen molar-refractivity contribution in [2.75, 3.05) is 18.4 Å². The van der Waals surface area contributed by atoms with Crippen LogP contribution in [0.4, 0.5) is 5.82 Å². The number of rotatable bonds is 2. The summed E-state index contributed by atoms with van der Waals surface area (Å²) in [4.78, 5) is 7.24. The first kappa shape index (κ1) is 11.2. The molecule has 2 fully saturated rings. The van der Waals surface area contributed by atoms with E-state index >= 15 is 0 Å². The van der Waals surface area contributed by atoms with Gasteiger partial charge in [-0.25, -0.2) is 9.50 Å². The average molecular weight is 257 g/mol. The Labute approximate surface area is 112 Å². The smallest absolute Gasteiger partial charge is 0.157 e. The van der Waals surface area contributed by atoms with E-state index in [1.165, 1.54) is 38.8 Å². The van der Waals surface area contributed by atoms with Crippen LogP contribution in [0.3, 0.4) is 0 Å². The Balaban J connectivity index is 1.48. The molecule has 2 aromatic rings. The highest BCUT2D eigenvalue weighted by atomic mass is 15.2. The van der Waals surface area contributed by atoms with Crippen molar-refractivity contribution < 1.29 is 0 Å². The number of anilines is 1. The molecule has 0 aromatic carbocycles. The number of hydrogen-bond acceptors (Lipinski definition) is 4. The molecular formula is C14H19N5. The van der Waals surface area contributed by atoms with Crippen LogP contribution in [0.1, 0.15) is 25.7 Å². The zero-order valence-electron chi connectivity index (χ0n) is 11.0. The maximum atomic E-state index is 4.59. The van der Waals surface area contributed by atoms with Gasteiger partial charge in [0.15, 0.2) is 5.65 Å². The number of nitrogens with one attached hydrogen (secondary N) is 1. The van der Waals surface area contributed by atoms with Crippen LogP contribution < -0.4 is 5.32 Å². The lowest BCUT2D eigenvalue weighted by Gasteiger charge is -2.35. The number of nitrogens with zero attached hydrogens (tertiary/aromatic N) is 4. The van der Waals surface area contributed by atoms with Crippen molar-refractivity contribution in [3.05, 3.63) is 24.5 Å². The third-order valence-electron chi connectivity index (χ3n) is 4.43. The van der Waals surface area contributed by atoms with Gasteiger partial charge in [-0.15, -0.1) is 0 Å². The van der Waals surface area contributed by atoms with Crippen molar-refractivity contribution in [2.24, 2.45) is 0 Å². The largest absolute Gasteiger partial charge is 0.367 e. The van der Waals surface area contributed by atoms with E-state index in [1.54, 1.807) is 10.7 Å². The second-order valence-electron chi connectivity index (χ2n) is 5.64. The highest BCUT2D eigenvalue weighted by Crippen LogP contribution is 2.28. The van der Waals surface area contributed by atoms with Crippen molar-refractivity contribution in [1.82, 2.24) is 19.5 Å². The molecule has 2 atom stereocenters. The molecule has 100 valence electrons. The van der Waals surface area contributed by atoms with Crippen molar-refractivity contribution in [2.45, 2.75) is 37.8 Å². The predicted molar refractivity (Wildman–Crippen MR) is 74.2 cm³/mol. The lowest BCUT2D eigenvalue weighted by atomic mass is 9.98. The first-order valence-corrected chi connectivity index (χ1v) is 7.19. The molecule has 2 aliphatic heterocycles. The van der Waals surface area contributed by atoms with Crippen LogP contribution in [0.5, 0.6) is 0 Å². The standard InChI is InChI=1S/C14H19N5/c1-2-12-10-11(4-8-18(12)7-1)16-13-5-9-19-14(17-13)3-6-15-19/h3,5-6,9,11-12H,1-2,4,7-8,10H2,(H,16,17). The van der Waals surface area contributed by atoms with Gasteiger partial charge in [0, 0.05) is 30.9 Å². The Bertz CT molecular complexity index is 578. The average Bonchev–Trinajstić information content (AvgIpc) is 3.05. The van der Waals surface area contributed by atoms with E-state index in [4.69, 9.17) is 0 Å². The number of fused-ring (bicyclic) bond motifs is 2. The van der Waals surface area contributed by atoms with E-state index in [1.807, 2.05) is 18.3 Å². The normalized spacial score (nSPS) is 27.6. The summed E-state index contributed by atoms with van der Waals surface area (Å²) in [5, 5.41) is 7.77. The van der Waals surface area contributed by atoms with Crippen LogP contribution in [0.15, 0.2) is 24.5 Å². The summed E-state index contributed by atoms with van der Waals surface area (Å²) >= 11 is 0. The Morgan fingerprint density at radius 2 is 2.21 bits per heavy atom. The van der Waals surface area contributed by atoms with Crippen LogP contribution in [0.2, 0.25) is 0 Å². The van der Waals surface area contributed by atoms with Crippen LogP contribution >= 0.6 is 0 Å². The van der Waals surface area contributed by atoms with E-state index in [9.17, 15) is 0 Å². The minimum Gasteiger partial charge on any atom is -0.367 e.